The van der Waals surface area contributed by atoms with Crippen molar-refractivity contribution in [2.24, 2.45) is 0 Å². The smallest absolute Gasteiger partial charge is 0.389 e. The first-order valence-electron chi connectivity index (χ1n) is 6.84. The van der Waals surface area contributed by atoms with Gasteiger partial charge in [-0.1, -0.05) is 12.1 Å². The summed E-state index contributed by atoms with van der Waals surface area (Å²) >= 11 is 0. The van der Waals surface area contributed by atoms with E-state index >= 15 is 0 Å². The molecular weight excluding hydrogens is 267 g/mol. The Hall–Kier alpha value is -1.23. The van der Waals surface area contributed by atoms with Gasteiger partial charge in [-0.3, -0.25) is 0 Å². The molecule has 1 rings (SSSR count). The summed E-state index contributed by atoms with van der Waals surface area (Å²) in [5.41, 5.74) is 1.18. The van der Waals surface area contributed by atoms with Crippen LogP contribution in [0.3, 0.4) is 0 Å². The highest BCUT2D eigenvalue weighted by Crippen LogP contribution is 2.22. The molecule has 1 aromatic rings. The van der Waals surface area contributed by atoms with Crippen LogP contribution in [-0.2, 0) is 6.42 Å². The lowest BCUT2D eigenvalue weighted by molar-refractivity contribution is -0.135. The summed E-state index contributed by atoms with van der Waals surface area (Å²) in [5.74, 6) is 0.822. The van der Waals surface area contributed by atoms with Crippen LogP contribution in [0, 0.1) is 0 Å². The van der Waals surface area contributed by atoms with Crippen molar-refractivity contribution in [2.45, 2.75) is 44.8 Å². The quantitative estimate of drug-likeness (QED) is 0.782. The zero-order valence-electron chi connectivity index (χ0n) is 12.0. The monoisotopic (exact) mass is 289 g/mol. The van der Waals surface area contributed by atoms with Gasteiger partial charge in [-0.2, -0.15) is 13.2 Å². The first-order chi connectivity index (χ1) is 9.40. The van der Waals surface area contributed by atoms with E-state index in [1.807, 2.05) is 31.2 Å². The summed E-state index contributed by atoms with van der Waals surface area (Å²) in [4.78, 5) is 0. The molecule has 0 fully saturated rings. The molecule has 0 aliphatic heterocycles. The minimum Gasteiger partial charge on any atom is -0.497 e. The highest BCUT2D eigenvalue weighted by atomic mass is 19.4. The van der Waals surface area contributed by atoms with Crippen molar-refractivity contribution in [3.05, 3.63) is 29.8 Å². The molecule has 0 radical (unpaired) electrons. The van der Waals surface area contributed by atoms with Crippen LogP contribution < -0.4 is 10.1 Å². The normalized spacial score (nSPS) is 13.2. The molecule has 0 aliphatic carbocycles. The van der Waals surface area contributed by atoms with E-state index in [0.29, 0.717) is 6.42 Å². The third-order valence-corrected chi connectivity index (χ3v) is 3.16. The predicted octanol–water partition coefficient (Wildman–Crippen LogP) is 3.95. The molecule has 0 aromatic heterocycles. The summed E-state index contributed by atoms with van der Waals surface area (Å²) in [5, 5.41) is 3.25. The van der Waals surface area contributed by atoms with Crippen LogP contribution in [0.4, 0.5) is 13.2 Å². The molecule has 0 bridgehead atoms. The molecule has 0 heterocycles. The van der Waals surface area contributed by atoms with Crippen molar-refractivity contribution in [3.63, 3.8) is 0 Å². The average Bonchev–Trinajstić information content (AvgIpc) is 2.38. The maximum absolute atomic E-state index is 12.0. The Morgan fingerprint density at radius 2 is 1.85 bits per heavy atom. The van der Waals surface area contributed by atoms with Gasteiger partial charge in [-0.05, 0) is 50.4 Å². The Morgan fingerprint density at radius 1 is 1.20 bits per heavy atom. The first kappa shape index (κ1) is 16.8. The number of alkyl halides is 3. The first-order valence-corrected chi connectivity index (χ1v) is 6.84. The number of ether oxygens (including phenoxy) is 1. The van der Waals surface area contributed by atoms with Gasteiger partial charge in [-0.15, -0.1) is 0 Å². The zero-order valence-corrected chi connectivity index (χ0v) is 12.0. The Bertz CT molecular complexity index is 376. The van der Waals surface area contributed by atoms with Gasteiger partial charge < -0.3 is 10.1 Å². The third kappa shape index (κ3) is 7.38. The maximum atomic E-state index is 12.0. The number of hydrogen-bond acceptors (Lipinski definition) is 2. The van der Waals surface area contributed by atoms with E-state index < -0.39 is 12.6 Å². The van der Waals surface area contributed by atoms with Crippen molar-refractivity contribution in [1.29, 1.82) is 0 Å². The lowest BCUT2D eigenvalue weighted by Gasteiger charge is -2.14. The van der Waals surface area contributed by atoms with Gasteiger partial charge in [0.15, 0.2) is 0 Å². The molecular formula is C15H22F3NO. The highest BCUT2D eigenvalue weighted by molar-refractivity contribution is 5.27. The van der Waals surface area contributed by atoms with E-state index in [1.54, 1.807) is 7.11 Å². The summed E-state index contributed by atoms with van der Waals surface area (Å²) < 4.78 is 41.1. The minimum atomic E-state index is -4.04. The fourth-order valence-corrected chi connectivity index (χ4v) is 1.97. The topological polar surface area (TPSA) is 21.3 Å². The molecule has 114 valence electrons. The molecule has 0 aliphatic rings. The second kappa shape index (κ2) is 8.15. The molecule has 1 unspecified atom stereocenters. The lowest BCUT2D eigenvalue weighted by atomic mass is 10.1. The van der Waals surface area contributed by atoms with E-state index in [9.17, 15) is 13.2 Å². The van der Waals surface area contributed by atoms with Crippen LogP contribution >= 0.6 is 0 Å². The molecule has 20 heavy (non-hydrogen) atoms. The number of methoxy groups -OCH3 is 1. The Balaban J connectivity index is 2.16. The number of halogens is 3. The van der Waals surface area contributed by atoms with Crippen molar-refractivity contribution in [3.8, 4) is 5.75 Å². The molecule has 5 heteroatoms. The number of nitrogens with one attached hydrogen (secondary N) is 1. The second-order valence-corrected chi connectivity index (χ2v) is 4.96. The molecule has 1 atom stereocenters. The lowest BCUT2D eigenvalue weighted by Crippen LogP contribution is -2.28. The van der Waals surface area contributed by atoms with Crippen LogP contribution in [0.25, 0.3) is 0 Å². The summed E-state index contributed by atoms with van der Waals surface area (Å²) in [7, 11) is 1.62. The molecule has 0 amide bonds. The van der Waals surface area contributed by atoms with E-state index in [-0.39, 0.29) is 12.5 Å². The Labute approximate surface area is 118 Å². The number of benzene rings is 1. The van der Waals surface area contributed by atoms with Gasteiger partial charge in [0, 0.05) is 12.5 Å². The van der Waals surface area contributed by atoms with Gasteiger partial charge >= 0.3 is 6.18 Å². The molecule has 0 saturated carbocycles. The minimum absolute atomic E-state index is 0.107. The SMILES string of the molecule is COc1ccc(CCNC(C)CCCC(F)(F)F)cc1. The van der Waals surface area contributed by atoms with E-state index in [2.05, 4.69) is 5.32 Å². The van der Waals surface area contributed by atoms with Crippen molar-refractivity contribution < 1.29 is 17.9 Å². The van der Waals surface area contributed by atoms with Gasteiger partial charge in [0.05, 0.1) is 7.11 Å². The Kier molecular flexibility index (Phi) is 6.85. The summed E-state index contributed by atoms with van der Waals surface area (Å²) in [6.07, 6.45) is -3.16. The summed E-state index contributed by atoms with van der Waals surface area (Å²) in [6, 6.07) is 7.91. The predicted molar refractivity (Wildman–Crippen MR) is 74.1 cm³/mol. The van der Waals surface area contributed by atoms with Crippen LogP contribution in [0.15, 0.2) is 24.3 Å². The van der Waals surface area contributed by atoms with Crippen molar-refractivity contribution >= 4 is 0 Å². The number of hydrogen-bond donors (Lipinski definition) is 1. The van der Waals surface area contributed by atoms with Crippen LogP contribution in [0.2, 0.25) is 0 Å². The molecule has 1 N–H and O–H groups in total. The second-order valence-electron chi connectivity index (χ2n) is 4.96. The maximum Gasteiger partial charge on any atom is 0.389 e. The van der Waals surface area contributed by atoms with Crippen molar-refractivity contribution in [1.82, 2.24) is 5.32 Å². The van der Waals surface area contributed by atoms with E-state index in [4.69, 9.17) is 4.74 Å². The van der Waals surface area contributed by atoms with Gasteiger partial charge in [0.2, 0.25) is 0 Å². The number of rotatable bonds is 8. The van der Waals surface area contributed by atoms with Crippen molar-refractivity contribution in [2.75, 3.05) is 13.7 Å². The highest BCUT2D eigenvalue weighted by Gasteiger charge is 2.26. The Morgan fingerprint density at radius 3 is 2.40 bits per heavy atom. The largest absolute Gasteiger partial charge is 0.497 e. The fraction of sp³-hybridized carbons (Fsp3) is 0.600. The fourth-order valence-electron chi connectivity index (χ4n) is 1.97. The van der Waals surface area contributed by atoms with E-state index in [0.717, 1.165) is 18.7 Å². The average molecular weight is 289 g/mol. The molecule has 1 aromatic carbocycles. The third-order valence-electron chi connectivity index (χ3n) is 3.16. The van der Waals surface area contributed by atoms with Crippen LogP contribution in [-0.4, -0.2) is 25.9 Å². The molecule has 2 nitrogen and oxygen atoms in total. The van der Waals surface area contributed by atoms with Crippen LogP contribution in [0.5, 0.6) is 5.75 Å². The molecule has 0 saturated heterocycles. The van der Waals surface area contributed by atoms with Gasteiger partial charge in [0.25, 0.3) is 0 Å². The van der Waals surface area contributed by atoms with Gasteiger partial charge in [0.1, 0.15) is 5.75 Å². The molecule has 0 spiro atoms. The van der Waals surface area contributed by atoms with Gasteiger partial charge in [-0.25, -0.2) is 0 Å². The summed E-state index contributed by atoms with van der Waals surface area (Å²) in [6.45, 7) is 2.68. The van der Waals surface area contributed by atoms with E-state index in [1.165, 1.54) is 5.56 Å². The zero-order chi connectivity index (χ0) is 15.0. The standard InChI is InChI=1S/C15H22F3NO/c1-12(4-3-10-15(16,17)18)19-11-9-13-5-7-14(20-2)8-6-13/h5-8,12,19H,3-4,9-11H2,1-2H3. The van der Waals surface area contributed by atoms with Crippen LogP contribution in [0.1, 0.15) is 31.7 Å².